The average Bonchev–Trinajstić information content (AvgIpc) is 3.21. The molecule has 0 fully saturated rings. The molecule has 7 nitrogen and oxygen atoms in total. The quantitative estimate of drug-likeness (QED) is 0.593. The molecule has 3 aromatic rings. The first-order chi connectivity index (χ1) is 14.7. The third kappa shape index (κ3) is 5.57. The van der Waals surface area contributed by atoms with E-state index in [9.17, 15) is 22.8 Å². The summed E-state index contributed by atoms with van der Waals surface area (Å²) in [6.07, 6.45) is -4.49. The van der Waals surface area contributed by atoms with Gasteiger partial charge in [-0.25, -0.2) is 0 Å². The second-order valence-electron chi connectivity index (χ2n) is 6.40. The number of alkyl halides is 3. The number of hydrogen-bond donors (Lipinski definition) is 2. The van der Waals surface area contributed by atoms with E-state index in [4.69, 9.17) is 4.74 Å². The number of amides is 2. The minimum atomic E-state index is -4.49. The first-order valence-electron chi connectivity index (χ1n) is 8.94. The Labute approximate surface area is 179 Å². The number of aromatic nitrogens is 2. The lowest BCUT2D eigenvalue weighted by atomic mass is 10.1. The van der Waals surface area contributed by atoms with E-state index in [-0.39, 0.29) is 10.7 Å². The highest BCUT2D eigenvalue weighted by Gasteiger charge is 2.30. The molecular formula is C20H17F3N4O3S. The maximum atomic E-state index is 12.6. The lowest BCUT2D eigenvalue weighted by Crippen LogP contribution is -2.41. The number of halogens is 3. The summed E-state index contributed by atoms with van der Waals surface area (Å²) in [7, 11) is 1.55. The molecule has 3 rings (SSSR count). The second kappa shape index (κ2) is 9.13. The lowest BCUT2D eigenvalue weighted by Gasteiger charge is -2.13. The second-order valence-corrected chi connectivity index (χ2v) is 7.38. The molecule has 1 heterocycles. The van der Waals surface area contributed by atoms with Crippen molar-refractivity contribution in [3.63, 3.8) is 0 Å². The maximum Gasteiger partial charge on any atom is 0.416 e. The normalized spacial score (nSPS) is 12.2. The third-order valence-corrected chi connectivity index (χ3v) is 5.07. The number of ether oxygens (including phenoxy) is 1. The molecule has 0 aliphatic carbocycles. The molecule has 0 saturated carbocycles. The van der Waals surface area contributed by atoms with Gasteiger partial charge >= 0.3 is 6.18 Å². The molecule has 2 aromatic carbocycles. The van der Waals surface area contributed by atoms with Gasteiger partial charge in [0.25, 0.3) is 5.91 Å². The summed E-state index contributed by atoms with van der Waals surface area (Å²) in [5.41, 5.74) is -0.0946. The fourth-order valence-electron chi connectivity index (χ4n) is 2.52. The molecule has 1 aromatic heterocycles. The molecule has 0 saturated heterocycles. The summed E-state index contributed by atoms with van der Waals surface area (Å²) in [6, 6.07) is 9.93. The summed E-state index contributed by atoms with van der Waals surface area (Å²) >= 11 is 1.14. The van der Waals surface area contributed by atoms with E-state index < -0.39 is 29.6 Å². The largest absolute Gasteiger partial charge is 0.497 e. The van der Waals surface area contributed by atoms with Crippen LogP contribution < -0.4 is 15.4 Å². The summed E-state index contributed by atoms with van der Waals surface area (Å²) < 4.78 is 43.0. The van der Waals surface area contributed by atoms with Crippen LogP contribution in [0.25, 0.3) is 10.6 Å². The zero-order chi connectivity index (χ0) is 22.6. The van der Waals surface area contributed by atoms with Crippen molar-refractivity contribution in [1.29, 1.82) is 0 Å². The first-order valence-corrected chi connectivity index (χ1v) is 9.76. The summed E-state index contributed by atoms with van der Waals surface area (Å²) in [4.78, 5) is 24.6. The molecule has 0 aliphatic heterocycles. The minimum Gasteiger partial charge on any atom is -0.497 e. The number of benzene rings is 2. The number of carbonyl (C=O) groups excluding carboxylic acids is 2. The van der Waals surface area contributed by atoms with Gasteiger partial charge in [0.2, 0.25) is 11.0 Å². The van der Waals surface area contributed by atoms with Crippen molar-refractivity contribution >= 4 is 28.3 Å². The molecule has 0 aliphatic rings. The number of methoxy groups -OCH3 is 1. The topological polar surface area (TPSA) is 93.2 Å². The van der Waals surface area contributed by atoms with Gasteiger partial charge in [-0.15, -0.1) is 10.2 Å². The highest BCUT2D eigenvalue weighted by atomic mass is 32.1. The van der Waals surface area contributed by atoms with Gasteiger partial charge in [-0.2, -0.15) is 13.2 Å². The highest BCUT2D eigenvalue weighted by Crippen LogP contribution is 2.30. The minimum absolute atomic E-state index is 0.00359. The van der Waals surface area contributed by atoms with E-state index in [2.05, 4.69) is 20.8 Å². The van der Waals surface area contributed by atoms with Gasteiger partial charge < -0.3 is 10.1 Å². The van der Waals surface area contributed by atoms with Crippen molar-refractivity contribution in [3.8, 4) is 16.3 Å². The van der Waals surface area contributed by atoms with Crippen molar-refractivity contribution in [2.24, 2.45) is 0 Å². The van der Waals surface area contributed by atoms with Crippen LogP contribution in [0.2, 0.25) is 0 Å². The molecule has 31 heavy (non-hydrogen) atoms. The molecule has 1 unspecified atom stereocenters. The molecule has 1 atom stereocenters. The molecule has 2 N–H and O–H groups in total. The average molecular weight is 450 g/mol. The SMILES string of the molecule is COc1cccc(-c2nnc(NC(=O)C(C)NC(=O)c3ccc(C(F)(F)F)cc3)s2)c1. The van der Waals surface area contributed by atoms with Crippen LogP contribution in [0, 0.1) is 0 Å². The molecule has 2 amide bonds. The smallest absolute Gasteiger partial charge is 0.416 e. The number of nitrogens with one attached hydrogen (secondary N) is 2. The zero-order valence-corrected chi connectivity index (χ0v) is 17.2. The summed E-state index contributed by atoms with van der Waals surface area (Å²) in [6.45, 7) is 1.45. The molecule has 0 radical (unpaired) electrons. The van der Waals surface area contributed by atoms with E-state index in [0.29, 0.717) is 10.8 Å². The number of hydrogen-bond acceptors (Lipinski definition) is 6. The summed E-state index contributed by atoms with van der Waals surface area (Å²) in [5, 5.41) is 13.7. The van der Waals surface area contributed by atoms with Gasteiger partial charge in [0, 0.05) is 11.1 Å². The lowest BCUT2D eigenvalue weighted by molar-refractivity contribution is -0.137. The van der Waals surface area contributed by atoms with E-state index in [1.165, 1.54) is 6.92 Å². The van der Waals surface area contributed by atoms with Crippen molar-refractivity contribution in [1.82, 2.24) is 15.5 Å². The standard InChI is InChI=1S/C20H17F3N4O3S/c1-11(24-17(29)12-6-8-14(9-7-12)20(21,22)23)16(28)25-19-27-26-18(31-19)13-4-3-5-15(10-13)30-2/h3-11H,1-2H3,(H,24,29)(H,25,27,28). The van der Waals surface area contributed by atoms with Gasteiger partial charge in [-0.1, -0.05) is 23.5 Å². The van der Waals surface area contributed by atoms with E-state index in [1.54, 1.807) is 25.3 Å². The summed E-state index contributed by atoms with van der Waals surface area (Å²) in [5.74, 6) is -0.572. The van der Waals surface area contributed by atoms with Crippen molar-refractivity contribution < 1.29 is 27.5 Å². The molecule has 0 bridgehead atoms. The number of nitrogens with zero attached hydrogens (tertiary/aromatic N) is 2. The van der Waals surface area contributed by atoms with Gasteiger partial charge in [-0.3, -0.25) is 14.9 Å². The Kier molecular flexibility index (Phi) is 6.54. The van der Waals surface area contributed by atoms with Gasteiger partial charge in [0.05, 0.1) is 12.7 Å². The number of rotatable bonds is 6. The van der Waals surface area contributed by atoms with Crippen LogP contribution >= 0.6 is 11.3 Å². The van der Waals surface area contributed by atoms with Crippen molar-refractivity contribution in [2.45, 2.75) is 19.1 Å². The van der Waals surface area contributed by atoms with Crippen LogP contribution in [-0.2, 0) is 11.0 Å². The van der Waals surface area contributed by atoms with Crippen molar-refractivity contribution in [3.05, 3.63) is 59.7 Å². The van der Waals surface area contributed by atoms with E-state index in [1.807, 2.05) is 6.07 Å². The molecular weight excluding hydrogens is 433 g/mol. The number of anilines is 1. The van der Waals surface area contributed by atoms with Gasteiger partial charge in [-0.05, 0) is 43.3 Å². The predicted octanol–water partition coefficient (Wildman–Crippen LogP) is 3.99. The molecule has 0 spiro atoms. The molecule has 162 valence electrons. The van der Waals surface area contributed by atoms with Gasteiger partial charge in [0.15, 0.2) is 0 Å². The first kappa shape index (κ1) is 22.2. The monoisotopic (exact) mass is 450 g/mol. The Morgan fingerprint density at radius 3 is 2.45 bits per heavy atom. The maximum absolute atomic E-state index is 12.6. The van der Waals surface area contributed by atoms with Crippen LogP contribution in [0.1, 0.15) is 22.8 Å². The Hall–Kier alpha value is -3.47. The van der Waals surface area contributed by atoms with E-state index in [0.717, 1.165) is 41.2 Å². The Bertz CT molecular complexity index is 1080. The Morgan fingerprint density at radius 1 is 1.10 bits per heavy atom. The van der Waals surface area contributed by atoms with Crippen LogP contribution in [0.4, 0.5) is 18.3 Å². The highest BCUT2D eigenvalue weighted by molar-refractivity contribution is 7.18. The molecule has 11 heteroatoms. The predicted molar refractivity (Wildman–Crippen MR) is 109 cm³/mol. The fraction of sp³-hybridized carbons (Fsp3) is 0.200. The fourth-order valence-corrected chi connectivity index (χ4v) is 3.26. The zero-order valence-electron chi connectivity index (χ0n) is 16.4. The third-order valence-electron chi connectivity index (χ3n) is 4.19. The van der Waals surface area contributed by atoms with Crippen LogP contribution in [0.3, 0.4) is 0 Å². The number of carbonyl (C=O) groups is 2. The van der Waals surface area contributed by atoms with Crippen LogP contribution in [0.5, 0.6) is 5.75 Å². The Morgan fingerprint density at radius 2 is 1.81 bits per heavy atom. The van der Waals surface area contributed by atoms with Crippen LogP contribution in [0.15, 0.2) is 48.5 Å². The van der Waals surface area contributed by atoms with Crippen LogP contribution in [-0.4, -0.2) is 35.2 Å². The Balaban J connectivity index is 1.60. The van der Waals surface area contributed by atoms with E-state index >= 15 is 0 Å². The van der Waals surface area contributed by atoms with Gasteiger partial charge in [0.1, 0.15) is 16.8 Å². The van der Waals surface area contributed by atoms with Crippen molar-refractivity contribution in [2.75, 3.05) is 12.4 Å².